The molecule has 0 amide bonds. The Morgan fingerprint density at radius 1 is 1.32 bits per heavy atom. The molecule has 0 N–H and O–H groups in total. The van der Waals surface area contributed by atoms with Crippen molar-refractivity contribution in [3.63, 3.8) is 0 Å². The Morgan fingerprint density at radius 2 is 2.05 bits per heavy atom. The number of aryl methyl sites for hydroxylation is 1. The second-order valence-electron chi connectivity index (χ2n) is 4.95. The topological polar surface area (TPSA) is 12.9 Å². The standard InChI is InChI=1S/C15H17NS3/c1-10-2-6-12(7-3-10)18-9-14-16-15(11-4-5-11)13(8-17)19-14/h2-3,6-7,11,17H,4-5,8-9H2,1H3. The van der Waals surface area contributed by atoms with Crippen LogP contribution in [0.1, 0.15) is 39.9 Å². The average molecular weight is 308 g/mol. The van der Waals surface area contributed by atoms with E-state index in [9.17, 15) is 0 Å². The summed E-state index contributed by atoms with van der Waals surface area (Å²) >= 11 is 8.14. The van der Waals surface area contributed by atoms with Gasteiger partial charge in [-0.2, -0.15) is 12.6 Å². The summed E-state index contributed by atoms with van der Waals surface area (Å²) in [6.45, 7) is 2.12. The largest absolute Gasteiger partial charge is 0.245 e. The highest BCUT2D eigenvalue weighted by molar-refractivity contribution is 7.98. The molecule has 1 heterocycles. The number of aromatic nitrogens is 1. The number of thiol groups is 1. The zero-order valence-electron chi connectivity index (χ0n) is 10.9. The van der Waals surface area contributed by atoms with E-state index in [1.54, 1.807) is 0 Å². The fraction of sp³-hybridized carbons (Fsp3) is 0.400. The molecule has 1 aromatic heterocycles. The van der Waals surface area contributed by atoms with Crippen LogP contribution in [0.15, 0.2) is 29.2 Å². The van der Waals surface area contributed by atoms with Gasteiger partial charge in [0.05, 0.1) is 11.4 Å². The first kappa shape index (κ1) is 13.5. The first-order valence-corrected chi connectivity index (χ1v) is 8.98. The number of benzene rings is 1. The maximum Gasteiger partial charge on any atom is 0.103 e. The highest BCUT2D eigenvalue weighted by atomic mass is 32.2. The summed E-state index contributed by atoms with van der Waals surface area (Å²) in [5, 5.41) is 1.25. The van der Waals surface area contributed by atoms with Crippen LogP contribution < -0.4 is 0 Å². The van der Waals surface area contributed by atoms with Crippen LogP contribution in [0.4, 0.5) is 0 Å². The van der Waals surface area contributed by atoms with E-state index in [4.69, 9.17) is 4.98 Å². The number of rotatable bonds is 5. The number of nitrogens with zero attached hydrogens (tertiary/aromatic N) is 1. The minimum absolute atomic E-state index is 0.733. The summed E-state index contributed by atoms with van der Waals surface area (Å²) in [5.41, 5.74) is 2.64. The monoisotopic (exact) mass is 307 g/mol. The minimum Gasteiger partial charge on any atom is -0.245 e. The van der Waals surface area contributed by atoms with Crippen molar-refractivity contribution < 1.29 is 0 Å². The number of hydrogen-bond donors (Lipinski definition) is 1. The van der Waals surface area contributed by atoms with E-state index in [1.165, 1.54) is 38.9 Å². The Labute approximate surface area is 128 Å². The average Bonchev–Trinajstić information content (AvgIpc) is 3.19. The molecule has 0 atom stereocenters. The maximum atomic E-state index is 4.82. The molecule has 1 fully saturated rings. The van der Waals surface area contributed by atoms with Crippen molar-refractivity contribution in [1.82, 2.24) is 4.98 Å². The van der Waals surface area contributed by atoms with Gasteiger partial charge in [-0.05, 0) is 31.9 Å². The van der Waals surface area contributed by atoms with E-state index >= 15 is 0 Å². The molecule has 1 nitrogen and oxygen atoms in total. The highest BCUT2D eigenvalue weighted by Crippen LogP contribution is 2.43. The lowest BCUT2D eigenvalue weighted by atomic mass is 10.2. The van der Waals surface area contributed by atoms with Gasteiger partial charge in [-0.3, -0.25) is 0 Å². The van der Waals surface area contributed by atoms with Crippen molar-refractivity contribution in [3.8, 4) is 0 Å². The van der Waals surface area contributed by atoms with Crippen molar-refractivity contribution in [2.45, 2.75) is 42.1 Å². The summed E-state index contributed by atoms with van der Waals surface area (Å²) in [6, 6.07) is 8.71. The molecule has 1 aliphatic rings. The smallest absolute Gasteiger partial charge is 0.103 e. The molecule has 0 saturated heterocycles. The van der Waals surface area contributed by atoms with Gasteiger partial charge in [0, 0.05) is 21.4 Å². The first-order valence-electron chi connectivity index (χ1n) is 6.55. The van der Waals surface area contributed by atoms with Crippen LogP contribution in [0, 0.1) is 6.92 Å². The molecule has 2 aromatic rings. The van der Waals surface area contributed by atoms with Crippen molar-refractivity contribution >= 4 is 35.7 Å². The first-order chi connectivity index (χ1) is 9.26. The lowest BCUT2D eigenvalue weighted by molar-refractivity contribution is 1.01. The van der Waals surface area contributed by atoms with Crippen LogP contribution in [0.2, 0.25) is 0 Å². The zero-order valence-corrected chi connectivity index (χ0v) is 13.5. The molecule has 1 aliphatic carbocycles. The van der Waals surface area contributed by atoms with Crippen LogP contribution in [0.5, 0.6) is 0 Å². The van der Waals surface area contributed by atoms with Crippen molar-refractivity contribution in [1.29, 1.82) is 0 Å². The van der Waals surface area contributed by atoms with Crippen LogP contribution >= 0.6 is 35.7 Å². The van der Waals surface area contributed by atoms with Crippen LogP contribution in [0.3, 0.4) is 0 Å². The minimum atomic E-state index is 0.733. The fourth-order valence-electron chi connectivity index (χ4n) is 2.04. The normalized spacial score (nSPS) is 14.8. The molecule has 3 rings (SSSR count). The predicted molar refractivity (Wildman–Crippen MR) is 87.5 cm³/mol. The predicted octanol–water partition coefficient (Wildman–Crippen LogP) is 5.05. The zero-order chi connectivity index (χ0) is 13.2. The van der Waals surface area contributed by atoms with E-state index in [2.05, 4.69) is 43.8 Å². The summed E-state index contributed by atoms with van der Waals surface area (Å²) in [7, 11) is 0. The third-order valence-electron chi connectivity index (χ3n) is 3.26. The summed E-state index contributed by atoms with van der Waals surface area (Å²) in [5.74, 6) is 2.54. The Kier molecular flexibility index (Phi) is 4.20. The van der Waals surface area contributed by atoms with Gasteiger partial charge in [0.1, 0.15) is 5.01 Å². The molecule has 100 valence electrons. The van der Waals surface area contributed by atoms with E-state index in [1.807, 2.05) is 23.1 Å². The molecule has 0 unspecified atom stereocenters. The lowest BCUT2D eigenvalue weighted by Gasteiger charge is -1.99. The van der Waals surface area contributed by atoms with Gasteiger partial charge in [-0.1, -0.05) is 17.7 Å². The molecule has 0 spiro atoms. The van der Waals surface area contributed by atoms with Crippen molar-refractivity contribution in [2.75, 3.05) is 0 Å². The summed E-state index contributed by atoms with van der Waals surface area (Å²) < 4.78 is 0. The third kappa shape index (κ3) is 3.36. The fourth-order valence-corrected chi connectivity index (χ4v) is 4.31. The second-order valence-corrected chi connectivity index (χ2v) is 7.48. The molecule has 0 bridgehead atoms. The molecule has 0 aliphatic heterocycles. The molecule has 19 heavy (non-hydrogen) atoms. The van der Waals surface area contributed by atoms with E-state index in [0.29, 0.717) is 0 Å². The molecule has 1 aromatic carbocycles. The Morgan fingerprint density at radius 3 is 2.68 bits per heavy atom. The van der Waals surface area contributed by atoms with Crippen LogP contribution in [-0.4, -0.2) is 4.98 Å². The lowest BCUT2D eigenvalue weighted by Crippen LogP contribution is -1.85. The van der Waals surface area contributed by atoms with E-state index in [0.717, 1.165) is 17.4 Å². The Bertz CT molecular complexity index is 555. The summed E-state index contributed by atoms with van der Waals surface area (Å²) in [4.78, 5) is 7.52. The Hall–Kier alpha value is -0.450. The number of hydrogen-bond acceptors (Lipinski definition) is 4. The van der Waals surface area contributed by atoms with Gasteiger partial charge in [0.25, 0.3) is 0 Å². The van der Waals surface area contributed by atoms with Gasteiger partial charge in [0.2, 0.25) is 0 Å². The molecular formula is C15H17NS3. The van der Waals surface area contributed by atoms with Crippen LogP contribution in [0.25, 0.3) is 0 Å². The molecular weight excluding hydrogens is 290 g/mol. The quantitative estimate of drug-likeness (QED) is 0.613. The SMILES string of the molecule is Cc1ccc(SCc2nc(C3CC3)c(CS)s2)cc1. The third-order valence-corrected chi connectivity index (χ3v) is 6.07. The molecule has 0 radical (unpaired) electrons. The van der Waals surface area contributed by atoms with Crippen LogP contribution in [-0.2, 0) is 11.5 Å². The Balaban J connectivity index is 1.67. The van der Waals surface area contributed by atoms with Gasteiger partial charge in [-0.15, -0.1) is 23.1 Å². The maximum absolute atomic E-state index is 4.82. The van der Waals surface area contributed by atoms with Gasteiger partial charge in [0.15, 0.2) is 0 Å². The highest BCUT2D eigenvalue weighted by Gasteiger charge is 2.29. The van der Waals surface area contributed by atoms with Crippen molar-refractivity contribution in [2.24, 2.45) is 0 Å². The second kappa shape index (κ2) is 5.90. The number of thioether (sulfide) groups is 1. The van der Waals surface area contributed by atoms with Gasteiger partial charge >= 0.3 is 0 Å². The van der Waals surface area contributed by atoms with Crippen molar-refractivity contribution in [3.05, 3.63) is 45.4 Å². The van der Waals surface area contributed by atoms with E-state index in [-0.39, 0.29) is 0 Å². The number of thiazole rings is 1. The van der Waals surface area contributed by atoms with Gasteiger partial charge < -0.3 is 0 Å². The summed E-state index contributed by atoms with van der Waals surface area (Å²) in [6.07, 6.45) is 2.63. The van der Waals surface area contributed by atoms with Gasteiger partial charge in [-0.25, -0.2) is 4.98 Å². The molecule has 4 heteroatoms. The van der Waals surface area contributed by atoms with E-state index < -0.39 is 0 Å². The molecule has 1 saturated carbocycles.